The van der Waals surface area contributed by atoms with Crippen LogP contribution < -0.4 is 9.64 Å². The third kappa shape index (κ3) is 6.93. The van der Waals surface area contributed by atoms with Crippen LogP contribution >= 0.6 is 0 Å². The van der Waals surface area contributed by atoms with Crippen LogP contribution in [0.25, 0.3) is 0 Å². The standard InChI is InChI=1S/C20H25FN2O3/c1-5-22-15-16(21)10-6-7-11-17(14-20(24)26-4)23(2)18-12-8-9-13-19(18)25-3/h5-13,15,17H,14H2,1-4H3/b10-6-,11-7+,16-15-,22-5?. The minimum absolute atomic E-state index is 0.147. The highest BCUT2D eigenvalue weighted by atomic mass is 19.1. The van der Waals surface area contributed by atoms with Crippen LogP contribution in [0, 0.1) is 0 Å². The zero-order valence-corrected chi connectivity index (χ0v) is 15.6. The largest absolute Gasteiger partial charge is 0.495 e. The number of anilines is 1. The molecule has 1 aromatic carbocycles. The second kappa shape index (κ2) is 11.6. The molecule has 0 amide bonds. The van der Waals surface area contributed by atoms with E-state index in [0.717, 1.165) is 11.9 Å². The van der Waals surface area contributed by atoms with Gasteiger partial charge in [0.2, 0.25) is 0 Å². The predicted octanol–water partition coefficient (Wildman–Crippen LogP) is 4.08. The molecular formula is C20H25FN2O3. The molecule has 140 valence electrons. The Hall–Kier alpha value is -2.89. The minimum atomic E-state index is -0.463. The van der Waals surface area contributed by atoms with E-state index in [-0.39, 0.29) is 18.4 Å². The first-order chi connectivity index (χ1) is 12.5. The number of hydrogen-bond acceptors (Lipinski definition) is 5. The monoisotopic (exact) mass is 360 g/mol. The average molecular weight is 360 g/mol. The molecule has 0 aliphatic rings. The fourth-order valence-electron chi connectivity index (χ4n) is 2.22. The Labute approximate surface area is 154 Å². The molecule has 0 bridgehead atoms. The second-order valence-electron chi connectivity index (χ2n) is 5.30. The van der Waals surface area contributed by atoms with Gasteiger partial charge in [0.15, 0.2) is 0 Å². The maximum Gasteiger partial charge on any atom is 0.307 e. The van der Waals surface area contributed by atoms with Gasteiger partial charge < -0.3 is 14.4 Å². The maximum atomic E-state index is 13.4. The molecule has 6 heteroatoms. The molecule has 1 aromatic rings. The topological polar surface area (TPSA) is 51.1 Å². The van der Waals surface area contributed by atoms with Crippen LogP contribution in [-0.4, -0.2) is 39.5 Å². The summed E-state index contributed by atoms with van der Waals surface area (Å²) in [7, 11) is 4.80. The molecular weight excluding hydrogens is 335 g/mol. The lowest BCUT2D eigenvalue weighted by Crippen LogP contribution is -2.32. The van der Waals surface area contributed by atoms with Crippen molar-refractivity contribution in [2.45, 2.75) is 19.4 Å². The minimum Gasteiger partial charge on any atom is -0.495 e. The van der Waals surface area contributed by atoms with Crippen LogP contribution in [0.4, 0.5) is 10.1 Å². The number of carbonyl (C=O) groups excluding carboxylic acids is 1. The number of allylic oxidation sites excluding steroid dienone is 4. The molecule has 1 atom stereocenters. The number of halogens is 1. The summed E-state index contributed by atoms with van der Waals surface area (Å²) in [6.07, 6.45) is 9.10. The van der Waals surface area contributed by atoms with Gasteiger partial charge in [-0.25, -0.2) is 4.39 Å². The zero-order valence-electron chi connectivity index (χ0n) is 15.6. The van der Waals surface area contributed by atoms with Crippen molar-refractivity contribution >= 4 is 17.9 Å². The third-order valence-electron chi connectivity index (χ3n) is 3.61. The fourth-order valence-corrected chi connectivity index (χ4v) is 2.22. The van der Waals surface area contributed by atoms with E-state index in [4.69, 9.17) is 9.47 Å². The lowest BCUT2D eigenvalue weighted by molar-refractivity contribution is -0.140. The van der Waals surface area contributed by atoms with Crippen molar-refractivity contribution in [3.05, 3.63) is 60.6 Å². The Bertz CT molecular complexity index is 696. The van der Waals surface area contributed by atoms with Crippen molar-refractivity contribution in [1.82, 2.24) is 0 Å². The summed E-state index contributed by atoms with van der Waals surface area (Å²) in [5.41, 5.74) is 0.834. The van der Waals surface area contributed by atoms with Crippen molar-refractivity contribution in [3.63, 3.8) is 0 Å². The normalized spacial score (nSPS) is 13.5. The van der Waals surface area contributed by atoms with Gasteiger partial charge in [-0.2, -0.15) is 0 Å². The number of carbonyl (C=O) groups is 1. The highest BCUT2D eigenvalue weighted by Crippen LogP contribution is 2.29. The van der Waals surface area contributed by atoms with Gasteiger partial charge >= 0.3 is 5.97 Å². The van der Waals surface area contributed by atoms with E-state index in [2.05, 4.69) is 4.99 Å². The summed E-state index contributed by atoms with van der Waals surface area (Å²) < 4.78 is 23.6. The molecule has 5 nitrogen and oxygen atoms in total. The van der Waals surface area contributed by atoms with Gasteiger partial charge in [-0.1, -0.05) is 30.4 Å². The van der Waals surface area contributed by atoms with Crippen LogP contribution in [0.3, 0.4) is 0 Å². The van der Waals surface area contributed by atoms with E-state index in [1.165, 1.54) is 19.4 Å². The lowest BCUT2D eigenvalue weighted by atomic mass is 10.1. The maximum absolute atomic E-state index is 13.4. The van der Waals surface area contributed by atoms with Crippen LogP contribution in [-0.2, 0) is 9.53 Å². The summed E-state index contributed by atoms with van der Waals surface area (Å²) >= 11 is 0. The molecule has 0 saturated heterocycles. The third-order valence-corrected chi connectivity index (χ3v) is 3.61. The van der Waals surface area contributed by atoms with E-state index in [0.29, 0.717) is 5.75 Å². The number of hydrogen-bond donors (Lipinski definition) is 0. The van der Waals surface area contributed by atoms with Crippen molar-refractivity contribution in [3.8, 4) is 5.75 Å². The average Bonchev–Trinajstić information content (AvgIpc) is 2.67. The lowest BCUT2D eigenvalue weighted by Gasteiger charge is -2.28. The molecule has 0 fully saturated rings. The van der Waals surface area contributed by atoms with E-state index in [9.17, 15) is 9.18 Å². The highest BCUT2D eigenvalue weighted by molar-refractivity contribution is 5.72. The summed E-state index contributed by atoms with van der Waals surface area (Å²) in [6.45, 7) is 1.71. The Morgan fingerprint density at radius 3 is 2.69 bits per heavy atom. The van der Waals surface area contributed by atoms with Gasteiger partial charge in [0.05, 0.1) is 38.6 Å². The second-order valence-corrected chi connectivity index (χ2v) is 5.30. The number of benzene rings is 1. The Kier molecular flexibility index (Phi) is 9.46. The van der Waals surface area contributed by atoms with Crippen LogP contribution in [0.2, 0.25) is 0 Å². The summed E-state index contributed by atoms with van der Waals surface area (Å²) in [4.78, 5) is 17.4. The first kappa shape index (κ1) is 21.2. The smallest absolute Gasteiger partial charge is 0.307 e. The molecule has 26 heavy (non-hydrogen) atoms. The molecule has 0 spiro atoms. The number of para-hydroxylation sites is 2. The van der Waals surface area contributed by atoms with Crippen molar-refractivity contribution in [1.29, 1.82) is 0 Å². The van der Waals surface area contributed by atoms with Crippen LogP contribution in [0.15, 0.2) is 65.6 Å². The van der Waals surface area contributed by atoms with Crippen molar-refractivity contribution in [2.24, 2.45) is 4.99 Å². The van der Waals surface area contributed by atoms with Gasteiger partial charge in [0.1, 0.15) is 11.6 Å². The van der Waals surface area contributed by atoms with E-state index in [1.54, 1.807) is 32.3 Å². The molecule has 0 aromatic heterocycles. The number of nitrogens with zero attached hydrogens (tertiary/aromatic N) is 2. The van der Waals surface area contributed by atoms with E-state index < -0.39 is 5.83 Å². The first-order valence-electron chi connectivity index (χ1n) is 8.14. The summed E-state index contributed by atoms with van der Waals surface area (Å²) in [5.74, 6) is -0.107. The number of rotatable bonds is 9. The van der Waals surface area contributed by atoms with Gasteiger partial charge in [-0.05, 0) is 25.1 Å². The van der Waals surface area contributed by atoms with Gasteiger partial charge in [0.25, 0.3) is 0 Å². The Morgan fingerprint density at radius 2 is 2.04 bits per heavy atom. The van der Waals surface area contributed by atoms with Gasteiger partial charge in [-0.3, -0.25) is 9.79 Å². The Balaban J connectivity index is 2.99. The molecule has 1 rings (SSSR count). The molecule has 0 aliphatic carbocycles. The SMILES string of the molecule is CC=N/C=C(F)/C=C\C=C\C(CC(=O)OC)N(C)c1ccccc1OC. The predicted molar refractivity (Wildman–Crippen MR) is 103 cm³/mol. The van der Waals surface area contributed by atoms with Crippen LogP contribution in [0.5, 0.6) is 5.75 Å². The number of likely N-dealkylation sites (N-methyl/N-ethyl adjacent to an activating group) is 1. The number of esters is 1. The summed E-state index contributed by atoms with van der Waals surface area (Å²) in [5, 5.41) is 0. The van der Waals surface area contributed by atoms with Crippen molar-refractivity contribution < 1.29 is 18.7 Å². The molecule has 0 heterocycles. The van der Waals surface area contributed by atoms with E-state index in [1.807, 2.05) is 36.2 Å². The highest BCUT2D eigenvalue weighted by Gasteiger charge is 2.19. The van der Waals surface area contributed by atoms with E-state index >= 15 is 0 Å². The molecule has 0 saturated carbocycles. The Morgan fingerprint density at radius 1 is 1.31 bits per heavy atom. The quantitative estimate of drug-likeness (QED) is 0.378. The van der Waals surface area contributed by atoms with Gasteiger partial charge in [-0.15, -0.1) is 0 Å². The number of methoxy groups -OCH3 is 2. The molecule has 0 N–H and O–H groups in total. The van der Waals surface area contributed by atoms with Gasteiger partial charge in [0, 0.05) is 13.3 Å². The number of ether oxygens (including phenoxy) is 2. The van der Waals surface area contributed by atoms with Crippen LogP contribution in [0.1, 0.15) is 13.3 Å². The fraction of sp³-hybridized carbons (Fsp3) is 0.300. The summed E-state index contributed by atoms with van der Waals surface area (Å²) in [6, 6.07) is 7.22. The van der Waals surface area contributed by atoms with Crippen molar-refractivity contribution in [2.75, 3.05) is 26.2 Å². The zero-order chi connectivity index (χ0) is 19.4. The molecule has 0 radical (unpaired) electrons. The number of aliphatic imine (C=N–C) groups is 1. The molecule has 0 aliphatic heterocycles. The molecule has 1 unspecified atom stereocenters. The first-order valence-corrected chi connectivity index (χ1v) is 8.14.